The molecule has 0 unspecified atom stereocenters. The van der Waals surface area contributed by atoms with E-state index in [1.807, 2.05) is 19.1 Å². The van der Waals surface area contributed by atoms with Crippen LogP contribution in [-0.4, -0.2) is 6.54 Å². The molecule has 0 fully saturated rings. The molecule has 3 nitrogen and oxygen atoms in total. The van der Waals surface area contributed by atoms with Crippen molar-refractivity contribution in [2.45, 2.75) is 13.3 Å². The average molecular weight is 244 g/mol. The minimum absolute atomic E-state index is 0.0947. The van der Waals surface area contributed by atoms with Gasteiger partial charge in [-0.05, 0) is 19.4 Å². The van der Waals surface area contributed by atoms with Gasteiger partial charge < -0.3 is 16.8 Å². The van der Waals surface area contributed by atoms with Crippen LogP contribution in [0, 0.1) is 5.82 Å². The summed E-state index contributed by atoms with van der Waals surface area (Å²) in [5.74, 6) is -0.598. The number of rotatable bonds is 4. The highest BCUT2D eigenvalue weighted by molar-refractivity contribution is 6.33. The first-order valence-corrected chi connectivity index (χ1v) is 5.33. The molecule has 1 rings (SSSR count). The van der Waals surface area contributed by atoms with Gasteiger partial charge >= 0.3 is 0 Å². The number of benzene rings is 1. The summed E-state index contributed by atoms with van der Waals surface area (Å²) in [6.07, 6.45) is 4.69. The number of nitrogens with two attached hydrogens (primary N) is 2. The van der Waals surface area contributed by atoms with Crippen LogP contribution in [0.25, 0.3) is 0 Å². The van der Waals surface area contributed by atoms with Crippen LogP contribution in [-0.2, 0) is 0 Å². The van der Waals surface area contributed by atoms with E-state index < -0.39 is 5.82 Å². The summed E-state index contributed by atoms with van der Waals surface area (Å²) in [6.45, 7) is 2.51. The van der Waals surface area contributed by atoms with Gasteiger partial charge in [0.1, 0.15) is 5.02 Å². The Morgan fingerprint density at radius 1 is 1.44 bits per heavy atom. The third-order valence-corrected chi connectivity index (χ3v) is 2.50. The van der Waals surface area contributed by atoms with Gasteiger partial charge in [-0.2, -0.15) is 0 Å². The molecule has 0 atom stereocenters. The van der Waals surface area contributed by atoms with Crippen molar-refractivity contribution in [3.05, 3.63) is 29.1 Å². The maximum atomic E-state index is 13.7. The van der Waals surface area contributed by atoms with Crippen LogP contribution >= 0.6 is 11.6 Å². The quantitative estimate of drug-likeness (QED) is 0.433. The Morgan fingerprint density at radius 3 is 2.75 bits per heavy atom. The van der Waals surface area contributed by atoms with Crippen molar-refractivity contribution >= 4 is 28.7 Å². The minimum Gasteiger partial charge on any atom is -0.397 e. The summed E-state index contributed by atoms with van der Waals surface area (Å²) < 4.78 is 13.7. The number of nitrogen functional groups attached to an aromatic ring is 2. The normalized spacial score (nSPS) is 10.9. The molecule has 0 aliphatic rings. The van der Waals surface area contributed by atoms with Gasteiger partial charge in [-0.15, -0.1) is 0 Å². The zero-order valence-electron chi connectivity index (χ0n) is 9.06. The van der Waals surface area contributed by atoms with Gasteiger partial charge in [-0.1, -0.05) is 23.8 Å². The van der Waals surface area contributed by atoms with Crippen molar-refractivity contribution < 1.29 is 4.39 Å². The van der Waals surface area contributed by atoms with E-state index >= 15 is 0 Å². The van der Waals surface area contributed by atoms with Crippen LogP contribution < -0.4 is 16.8 Å². The molecule has 0 saturated heterocycles. The summed E-state index contributed by atoms with van der Waals surface area (Å²) in [5.41, 5.74) is 11.7. The lowest BCUT2D eigenvalue weighted by Gasteiger charge is -2.12. The Balaban J connectivity index is 2.83. The molecule has 88 valence electrons. The number of hydrogen-bond acceptors (Lipinski definition) is 3. The molecule has 5 N–H and O–H groups in total. The van der Waals surface area contributed by atoms with E-state index in [1.165, 1.54) is 6.07 Å². The smallest absolute Gasteiger partial charge is 0.169 e. The van der Waals surface area contributed by atoms with E-state index in [0.29, 0.717) is 6.54 Å². The summed E-state index contributed by atoms with van der Waals surface area (Å²) in [4.78, 5) is 0. The first-order valence-electron chi connectivity index (χ1n) is 4.96. The lowest BCUT2D eigenvalue weighted by atomic mass is 10.2. The molecule has 0 aliphatic carbocycles. The molecule has 0 aromatic heterocycles. The number of nitrogens with one attached hydrogen (secondary N) is 1. The summed E-state index contributed by atoms with van der Waals surface area (Å²) in [5, 5.41) is 2.80. The van der Waals surface area contributed by atoms with Crippen molar-refractivity contribution in [2.75, 3.05) is 23.3 Å². The lowest BCUT2D eigenvalue weighted by molar-refractivity contribution is 0.632. The third kappa shape index (κ3) is 2.79. The van der Waals surface area contributed by atoms with Gasteiger partial charge in [0.05, 0.1) is 17.1 Å². The summed E-state index contributed by atoms with van der Waals surface area (Å²) in [6, 6.07) is 1.45. The van der Waals surface area contributed by atoms with E-state index in [-0.39, 0.29) is 22.1 Å². The molecule has 5 heteroatoms. The number of hydrogen-bond donors (Lipinski definition) is 3. The maximum Gasteiger partial charge on any atom is 0.169 e. The van der Waals surface area contributed by atoms with Crippen molar-refractivity contribution in [1.82, 2.24) is 0 Å². The SMILES string of the molecule is C/C=C/CCNc1c(N)cc(N)c(Cl)c1F. The average Bonchev–Trinajstić information content (AvgIpc) is 2.25. The number of halogens is 2. The monoisotopic (exact) mass is 243 g/mol. The second-order valence-corrected chi connectivity index (χ2v) is 3.72. The molecule has 0 amide bonds. The fourth-order valence-electron chi connectivity index (χ4n) is 1.29. The van der Waals surface area contributed by atoms with Gasteiger partial charge in [0, 0.05) is 6.54 Å². The zero-order chi connectivity index (χ0) is 12.1. The maximum absolute atomic E-state index is 13.7. The molecule has 0 bridgehead atoms. The first kappa shape index (κ1) is 12.6. The Morgan fingerprint density at radius 2 is 2.12 bits per heavy atom. The molecular weight excluding hydrogens is 229 g/mol. The van der Waals surface area contributed by atoms with E-state index in [0.717, 1.165) is 6.42 Å². The first-order chi connectivity index (χ1) is 7.57. The highest BCUT2D eigenvalue weighted by atomic mass is 35.5. The van der Waals surface area contributed by atoms with Gasteiger partial charge in [0.25, 0.3) is 0 Å². The standard InChI is InChI=1S/C11H15ClFN3/c1-2-3-4-5-16-11-8(15)6-7(14)9(12)10(11)13/h2-3,6,16H,4-5,14-15H2,1H3/b3-2+. The van der Waals surface area contributed by atoms with Crippen molar-refractivity contribution in [1.29, 1.82) is 0 Å². The molecule has 1 aromatic rings. The van der Waals surface area contributed by atoms with Crippen LogP contribution in [0.1, 0.15) is 13.3 Å². The zero-order valence-corrected chi connectivity index (χ0v) is 9.81. The summed E-state index contributed by atoms with van der Waals surface area (Å²) in [7, 11) is 0. The lowest BCUT2D eigenvalue weighted by Crippen LogP contribution is -2.07. The van der Waals surface area contributed by atoms with Crippen LogP contribution in [0.15, 0.2) is 18.2 Å². The van der Waals surface area contributed by atoms with Crippen LogP contribution in [0.4, 0.5) is 21.5 Å². The third-order valence-electron chi connectivity index (χ3n) is 2.11. The number of allylic oxidation sites excluding steroid dienone is 1. The minimum atomic E-state index is -0.598. The predicted molar refractivity (Wildman–Crippen MR) is 68.2 cm³/mol. The molecule has 0 spiro atoms. The highest BCUT2D eigenvalue weighted by Crippen LogP contribution is 2.33. The Hall–Kier alpha value is -1.42. The molecule has 16 heavy (non-hydrogen) atoms. The fraction of sp³-hybridized carbons (Fsp3) is 0.273. The van der Waals surface area contributed by atoms with E-state index in [1.54, 1.807) is 0 Å². The molecule has 1 aromatic carbocycles. The molecule has 0 heterocycles. The highest BCUT2D eigenvalue weighted by Gasteiger charge is 2.13. The van der Waals surface area contributed by atoms with Gasteiger partial charge in [-0.3, -0.25) is 0 Å². The molecule has 0 radical (unpaired) electrons. The van der Waals surface area contributed by atoms with E-state index in [9.17, 15) is 4.39 Å². The largest absolute Gasteiger partial charge is 0.397 e. The summed E-state index contributed by atoms with van der Waals surface area (Å²) >= 11 is 5.69. The number of anilines is 3. The molecule has 0 aliphatic heterocycles. The molecular formula is C11H15ClFN3. The van der Waals surface area contributed by atoms with Crippen LogP contribution in [0.3, 0.4) is 0 Å². The second-order valence-electron chi connectivity index (χ2n) is 3.34. The Labute approximate surface area is 99.3 Å². The van der Waals surface area contributed by atoms with Crippen LogP contribution in [0.5, 0.6) is 0 Å². The van der Waals surface area contributed by atoms with Gasteiger partial charge in [-0.25, -0.2) is 4.39 Å². The van der Waals surface area contributed by atoms with Crippen molar-refractivity contribution in [2.24, 2.45) is 0 Å². The van der Waals surface area contributed by atoms with Gasteiger partial charge in [0.15, 0.2) is 5.82 Å². The fourth-order valence-corrected chi connectivity index (χ4v) is 1.44. The predicted octanol–water partition coefficient (Wildman–Crippen LogP) is 3.02. The van der Waals surface area contributed by atoms with Crippen molar-refractivity contribution in [3.63, 3.8) is 0 Å². The molecule has 0 saturated carbocycles. The van der Waals surface area contributed by atoms with Gasteiger partial charge in [0.2, 0.25) is 0 Å². The second kappa shape index (κ2) is 5.61. The van der Waals surface area contributed by atoms with E-state index in [4.69, 9.17) is 23.1 Å². The van der Waals surface area contributed by atoms with Crippen LogP contribution in [0.2, 0.25) is 5.02 Å². The van der Waals surface area contributed by atoms with E-state index in [2.05, 4.69) is 5.32 Å². The topological polar surface area (TPSA) is 64.1 Å². The Bertz CT molecular complexity index is 405. The van der Waals surface area contributed by atoms with Crippen molar-refractivity contribution in [3.8, 4) is 0 Å². The Kier molecular flexibility index (Phi) is 4.43.